The average molecular weight is 529 g/mol. The van der Waals surface area contributed by atoms with E-state index in [0.717, 1.165) is 18.4 Å². The third-order valence-corrected chi connectivity index (χ3v) is 4.75. The van der Waals surface area contributed by atoms with Gasteiger partial charge in [0.15, 0.2) is 5.56 Å². The number of anilines is 1. The first-order valence-corrected chi connectivity index (χ1v) is 11.5. The molecule has 0 aliphatic carbocycles. The Morgan fingerprint density at radius 1 is 1.29 bits per heavy atom. The van der Waals surface area contributed by atoms with Crippen molar-refractivity contribution >= 4 is 49.0 Å². The summed E-state index contributed by atoms with van der Waals surface area (Å²) in [5.41, 5.74) is -2.72. The van der Waals surface area contributed by atoms with E-state index in [1.807, 2.05) is 0 Å². The van der Waals surface area contributed by atoms with Gasteiger partial charge in [-0.3, -0.25) is 29.2 Å². The van der Waals surface area contributed by atoms with Crippen molar-refractivity contribution in [3.05, 3.63) is 37.9 Å². The van der Waals surface area contributed by atoms with Crippen LogP contribution < -0.4 is 10.2 Å². The Kier molecular flexibility index (Phi) is 10.2. The smallest absolute Gasteiger partial charge is 0.312 e. The number of benzene rings is 1. The zero-order chi connectivity index (χ0) is 23.8. The van der Waals surface area contributed by atoms with Gasteiger partial charge in [0.1, 0.15) is 5.69 Å². The molecule has 14 nitrogen and oxygen atoms in total. The van der Waals surface area contributed by atoms with E-state index in [0.29, 0.717) is 5.33 Å². The van der Waals surface area contributed by atoms with Gasteiger partial charge in [-0.15, -0.1) is 0 Å². The van der Waals surface area contributed by atoms with Gasteiger partial charge in [-0.25, -0.2) is 0 Å². The van der Waals surface area contributed by atoms with Gasteiger partial charge in [-0.1, -0.05) is 15.9 Å². The molecule has 1 unspecified atom stereocenters. The second-order valence-corrected chi connectivity index (χ2v) is 8.53. The van der Waals surface area contributed by atoms with Crippen molar-refractivity contribution in [1.29, 1.82) is 0 Å². The largest absolute Gasteiger partial charge is 0.394 e. The fourth-order valence-corrected chi connectivity index (χ4v) is 3.31. The zero-order valence-electron chi connectivity index (χ0n) is 16.3. The van der Waals surface area contributed by atoms with Gasteiger partial charge in [0.05, 0.1) is 35.4 Å². The maximum Gasteiger partial charge on any atom is 0.312 e. The number of rotatable bonds is 13. The first-order valence-electron chi connectivity index (χ1n) is 8.61. The normalized spacial score (nSPS) is 12.3. The molecule has 1 aromatic carbocycles. The Balaban J connectivity index is 3.50. The van der Waals surface area contributed by atoms with Crippen molar-refractivity contribution in [1.82, 2.24) is 5.32 Å². The summed E-state index contributed by atoms with van der Waals surface area (Å²) < 4.78 is 27.0. The third-order valence-electron chi connectivity index (χ3n) is 3.80. The van der Waals surface area contributed by atoms with E-state index in [9.17, 15) is 38.5 Å². The Bertz CT molecular complexity index is 927. The minimum Gasteiger partial charge on any atom is -0.394 e. The summed E-state index contributed by atoms with van der Waals surface area (Å²) in [6.07, 6.45) is -0.539. The molecule has 0 saturated carbocycles. The number of amides is 1. The monoisotopic (exact) mass is 528 g/mol. The molecular formula is C15H21BrN4O10S. The number of aliphatic hydroxyl groups excluding tert-OH is 2. The number of nitro groups is 2. The number of carbonyl (C=O) groups is 1. The number of alkyl halides is 1. The van der Waals surface area contributed by atoms with E-state index in [1.165, 1.54) is 4.90 Å². The Labute approximate surface area is 185 Å². The number of hydrogen-bond donors (Lipinski definition) is 3. The lowest BCUT2D eigenvalue weighted by Crippen LogP contribution is -2.35. The molecule has 16 heteroatoms. The molecule has 3 N–H and O–H groups in total. The van der Waals surface area contributed by atoms with E-state index in [2.05, 4.69) is 25.4 Å². The topological polar surface area (TPSA) is 202 Å². The van der Waals surface area contributed by atoms with Crippen LogP contribution in [-0.4, -0.2) is 84.9 Å². The molecule has 0 spiro atoms. The number of halogens is 1. The maximum atomic E-state index is 12.5. The van der Waals surface area contributed by atoms with E-state index >= 15 is 0 Å². The van der Waals surface area contributed by atoms with Crippen LogP contribution in [-0.2, 0) is 14.3 Å². The lowest BCUT2D eigenvalue weighted by atomic mass is 10.1. The molecule has 0 saturated heterocycles. The Morgan fingerprint density at radius 2 is 1.94 bits per heavy atom. The second kappa shape index (κ2) is 11.8. The lowest BCUT2D eigenvalue weighted by Gasteiger charge is -2.24. The van der Waals surface area contributed by atoms with Gasteiger partial charge in [0.25, 0.3) is 21.7 Å². The SMILES string of the molecule is CS(=O)(=O)OCCN(CCBr)c1ccc([N+](=O)[O-])c(C(=O)NCC(O)CO)c1[N+](=O)[O-]. The van der Waals surface area contributed by atoms with E-state index in [-0.39, 0.29) is 25.4 Å². The molecule has 31 heavy (non-hydrogen) atoms. The summed E-state index contributed by atoms with van der Waals surface area (Å²) in [6, 6.07) is 2.00. The molecule has 0 fully saturated rings. The molecule has 1 amide bonds. The molecule has 0 aromatic heterocycles. The predicted molar refractivity (Wildman–Crippen MR) is 112 cm³/mol. The summed E-state index contributed by atoms with van der Waals surface area (Å²) in [5.74, 6) is -1.20. The van der Waals surface area contributed by atoms with Crippen LogP contribution in [0.15, 0.2) is 12.1 Å². The second-order valence-electron chi connectivity index (χ2n) is 6.09. The molecule has 1 rings (SSSR count). The van der Waals surface area contributed by atoms with Crippen LogP contribution in [0, 0.1) is 20.2 Å². The highest BCUT2D eigenvalue weighted by molar-refractivity contribution is 9.09. The van der Waals surface area contributed by atoms with Crippen LogP contribution in [0.4, 0.5) is 17.1 Å². The first-order chi connectivity index (χ1) is 14.4. The summed E-state index contributed by atoms with van der Waals surface area (Å²) in [7, 11) is -3.77. The fraction of sp³-hybridized carbons (Fsp3) is 0.533. The van der Waals surface area contributed by atoms with Crippen molar-refractivity contribution in [2.45, 2.75) is 6.10 Å². The Hall–Kier alpha value is -2.40. The number of aliphatic hydroxyl groups is 2. The highest BCUT2D eigenvalue weighted by Crippen LogP contribution is 2.37. The molecule has 0 aliphatic heterocycles. The van der Waals surface area contributed by atoms with Gasteiger partial charge in [-0.2, -0.15) is 8.42 Å². The van der Waals surface area contributed by atoms with E-state index in [1.54, 1.807) is 0 Å². The number of nitrogens with one attached hydrogen (secondary N) is 1. The number of nitro benzene ring substituents is 2. The van der Waals surface area contributed by atoms with Crippen LogP contribution >= 0.6 is 15.9 Å². The van der Waals surface area contributed by atoms with E-state index in [4.69, 9.17) is 5.11 Å². The third kappa shape index (κ3) is 7.98. The minimum atomic E-state index is -3.77. The summed E-state index contributed by atoms with van der Waals surface area (Å²) in [4.78, 5) is 35.2. The van der Waals surface area contributed by atoms with Gasteiger partial charge in [-0.05, 0) is 6.07 Å². The van der Waals surface area contributed by atoms with Crippen LogP contribution in [0.5, 0.6) is 0 Å². The molecule has 1 atom stereocenters. The van der Waals surface area contributed by atoms with Crippen LogP contribution in [0.2, 0.25) is 0 Å². The summed E-state index contributed by atoms with van der Waals surface area (Å²) >= 11 is 3.16. The van der Waals surface area contributed by atoms with Gasteiger partial charge in [0.2, 0.25) is 0 Å². The number of hydrogen-bond acceptors (Lipinski definition) is 11. The van der Waals surface area contributed by atoms with Gasteiger partial charge < -0.3 is 20.4 Å². The minimum absolute atomic E-state index is 0.121. The molecular weight excluding hydrogens is 508 g/mol. The Morgan fingerprint density at radius 3 is 2.42 bits per heavy atom. The number of nitrogens with zero attached hydrogens (tertiary/aromatic N) is 3. The summed E-state index contributed by atoms with van der Waals surface area (Å²) in [5, 5.41) is 43.8. The molecule has 0 bridgehead atoms. The first kappa shape index (κ1) is 26.6. The fourth-order valence-electron chi connectivity index (χ4n) is 2.50. The standard InChI is InChI=1S/C15H21BrN4O10S/c1-31(28,29)30-7-6-18(5-4-16)12-3-2-11(19(24)25)13(14(12)20(26)27)15(23)17-8-10(22)9-21/h2-3,10,21-22H,4-9H2,1H3,(H,17,23). The van der Waals surface area contributed by atoms with Crippen molar-refractivity contribution in [3.8, 4) is 0 Å². The van der Waals surface area contributed by atoms with Crippen molar-refractivity contribution in [2.24, 2.45) is 0 Å². The van der Waals surface area contributed by atoms with Crippen molar-refractivity contribution in [2.75, 3.05) is 49.3 Å². The van der Waals surface area contributed by atoms with Crippen LogP contribution in [0.3, 0.4) is 0 Å². The van der Waals surface area contributed by atoms with Crippen LogP contribution in [0.25, 0.3) is 0 Å². The van der Waals surface area contributed by atoms with Gasteiger partial charge >= 0.3 is 5.69 Å². The number of carbonyl (C=O) groups excluding carboxylic acids is 1. The molecule has 0 heterocycles. The average Bonchev–Trinajstić information content (AvgIpc) is 2.68. The van der Waals surface area contributed by atoms with Crippen molar-refractivity contribution in [3.63, 3.8) is 0 Å². The maximum absolute atomic E-state index is 12.5. The highest BCUT2D eigenvalue weighted by Gasteiger charge is 2.35. The predicted octanol–water partition coefficient (Wildman–Crippen LogP) is -0.236. The van der Waals surface area contributed by atoms with Crippen molar-refractivity contribution < 1.29 is 37.5 Å². The van der Waals surface area contributed by atoms with Crippen LogP contribution in [0.1, 0.15) is 10.4 Å². The quantitative estimate of drug-likeness (QED) is 0.132. The lowest BCUT2D eigenvalue weighted by molar-refractivity contribution is -0.394. The van der Waals surface area contributed by atoms with Gasteiger partial charge in [0, 0.05) is 31.0 Å². The zero-order valence-corrected chi connectivity index (χ0v) is 18.7. The molecule has 174 valence electrons. The highest BCUT2D eigenvalue weighted by atomic mass is 79.9. The summed E-state index contributed by atoms with van der Waals surface area (Å²) in [6.45, 7) is -1.58. The molecule has 1 aromatic rings. The molecule has 0 radical (unpaired) electrons. The molecule has 0 aliphatic rings. The van der Waals surface area contributed by atoms with E-state index < -0.39 is 62.1 Å².